The molecule has 3 rings (SSSR count). The van der Waals surface area contributed by atoms with E-state index in [-0.39, 0.29) is 5.92 Å². The van der Waals surface area contributed by atoms with Gasteiger partial charge in [0.15, 0.2) is 0 Å². The largest absolute Gasteiger partial charge is 0.341 e. The highest BCUT2D eigenvalue weighted by atomic mass is 35.5. The number of nitrogens with one attached hydrogen (secondary N) is 1. The van der Waals surface area contributed by atoms with E-state index >= 15 is 0 Å². The van der Waals surface area contributed by atoms with Crippen molar-refractivity contribution in [3.8, 4) is 0 Å². The maximum absolute atomic E-state index is 12.7. The van der Waals surface area contributed by atoms with Gasteiger partial charge < -0.3 is 10.2 Å². The molecule has 1 aromatic carbocycles. The molecule has 1 amide bonds. The number of benzene rings is 1. The molecule has 0 aromatic heterocycles. The van der Waals surface area contributed by atoms with Gasteiger partial charge in [0.1, 0.15) is 0 Å². The molecule has 2 aliphatic rings. The van der Waals surface area contributed by atoms with Gasteiger partial charge in [0.25, 0.3) is 0 Å². The minimum atomic E-state index is 0.152. The van der Waals surface area contributed by atoms with Crippen molar-refractivity contribution in [1.29, 1.82) is 0 Å². The summed E-state index contributed by atoms with van der Waals surface area (Å²) >= 11 is 5.94. The van der Waals surface area contributed by atoms with Crippen molar-refractivity contribution in [3.05, 3.63) is 34.9 Å². The topological polar surface area (TPSA) is 35.6 Å². The lowest BCUT2D eigenvalue weighted by molar-refractivity contribution is -0.137. The molecule has 2 heterocycles. The first kappa shape index (κ1) is 16.7. The fourth-order valence-electron chi connectivity index (χ4n) is 3.35. The minimum absolute atomic E-state index is 0.152. The fraction of sp³-hybridized carbons (Fsp3) is 0.611. The molecule has 2 saturated heterocycles. The molecule has 5 heteroatoms. The highest BCUT2D eigenvalue weighted by Gasteiger charge is 2.32. The molecule has 2 aliphatic heterocycles. The standard InChI is InChI=1S/C18H26ClN3O/c1-14(16-11-20-12-16)18(23)22-8-2-7-21(9-10-22)13-15-3-5-17(19)6-4-15/h3-6,14,16,20H,2,7-13H2,1H3. The number of carbonyl (C=O) groups excluding carboxylic acids is 1. The molecule has 1 unspecified atom stereocenters. The van der Waals surface area contributed by atoms with Crippen molar-refractivity contribution >= 4 is 17.5 Å². The first-order chi connectivity index (χ1) is 11.1. The summed E-state index contributed by atoms with van der Waals surface area (Å²) in [6.45, 7) is 8.73. The van der Waals surface area contributed by atoms with Crippen molar-refractivity contribution in [2.75, 3.05) is 39.3 Å². The van der Waals surface area contributed by atoms with Crippen molar-refractivity contribution in [3.63, 3.8) is 0 Å². The van der Waals surface area contributed by atoms with Crippen molar-refractivity contribution < 1.29 is 4.79 Å². The normalized spacial score (nSPS) is 21.6. The molecular formula is C18H26ClN3O. The second-order valence-electron chi connectivity index (χ2n) is 6.79. The first-order valence-corrected chi connectivity index (χ1v) is 8.97. The molecule has 0 radical (unpaired) electrons. The molecule has 126 valence electrons. The first-order valence-electron chi connectivity index (χ1n) is 8.60. The monoisotopic (exact) mass is 335 g/mol. The van der Waals surface area contributed by atoms with E-state index in [1.54, 1.807) is 0 Å². The smallest absolute Gasteiger partial charge is 0.225 e. The number of nitrogens with zero attached hydrogens (tertiary/aromatic N) is 2. The van der Waals surface area contributed by atoms with Crippen molar-refractivity contribution in [2.24, 2.45) is 11.8 Å². The lowest BCUT2D eigenvalue weighted by Crippen LogP contribution is -2.50. The van der Waals surface area contributed by atoms with Crippen LogP contribution in [0.1, 0.15) is 18.9 Å². The zero-order valence-corrected chi connectivity index (χ0v) is 14.6. The molecule has 23 heavy (non-hydrogen) atoms. The number of amides is 1. The highest BCUT2D eigenvalue weighted by molar-refractivity contribution is 6.30. The van der Waals surface area contributed by atoms with Gasteiger partial charge in [-0.25, -0.2) is 0 Å². The molecule has 0 aliphatic carbocycles. The van der Waals surface area contributed by atoms with Crippen LogP contribution in [0.2, 0.25) is 5.02 Å². The zero-order chi connectivity index (χ0) is 16.2. The van der Waals surface area contributed by atoms with Crippen LogP contribution in [0.25, 0.3) is 0 Å². The highest BCUT2D eigenvalue weighted by Crippen LogP contribution is 2.20. The Morgan fingerprint density at radius 3 is 2.61 bits per heavy atom. The molecular weight excluding hydrogens is 310 g/mol. The lowest BCUT2D eigenvalue weighted by Gasteiger charge is -2.34. The van der Waals surface area contributed by atoms with Gasteiger partial charge in [-0.3, -0.25) is 9.69 Å². The van der Waals surface area contributed by atoms with Gasteiger partial charge in [0.2, 0.25) is 5.91 Å². The summed E-state index contributed by atoms with van der Waals surface area (Å²) in [6.07, 6.45) is 1.05. The van der Waals surface area contributed by atoms with E-state index in [1.165, 1.54) is 5.56 Å². The number of carbonyl (C=O) groups is 1. The quantitative estimate of drug-likeness (QED) is 0.916. The Morgan fingerprint density at radius 1 is 1.22 bits per heavy atom. The van der Waals surface area contributed by atoms with E-state index in [0.29, 0.717) is 11.8 Å². The van der Waals surface area contributed by atoms with Crippen LogP contribution in [0, 0.1) is 11.8 Å². The molecule has 4 nitrogen and oxygen atoms in total. The summed E-state index contributed by atoms with van der Waals surface area (Å²) < 4.78 is 0. The van der Waals surface area contributed by atoms with Crippen LogP contribution in [-0.2, 0) is 11.3 Å². The zero-order valence-electron chi connectivity index (χ0n) is 13.8. The number of rotatable bonds is 4. The molecule has 1 atom stereocenters. The van der Waals surface area contributed by atoms with Crippen LogP contribution >= 0.6 is 11.6 Å². The summed E-state index contributed by atoms with van der Waals surface area (Å²) in [6, 6.07) is 8.06. The SMILES string of the molecule is CC(C(=O)N1CCCN(Cc2ccc(Cl)cc2)CC1)C1CNC1. The molecule has 1 N–H and O–H groups in total. The third-order valence-electron chi connectivity index (χ3n) is 5.13. The van der Waals surface area contributed by atoms with Crippen LogP contribution in [-0.4, -0.2) is 55.0 Å². The van der Waals surface area contributed by atoms with E-state index in [2.05, 4.69) is 34.2 Å². The van der Waals surface area contributed by atoms with E-state index in [0.717, 1.165) is 57.3 Å². The van der Waals surface area contributed by atoms with Crippen LogP contribution in [0.15, 0.2) is 24.3 Å². The maximum Gasteiger partial charge on any atom is 0.225 e. The van der Waals surface area contributed by atoms with E-state index in [4.69, 9.17) is 11.6 Å². The predicted octanol–water partition coefficient (Wildman–Crippen LogP) is 2.23. The average molecular weight is 336 g/mol. The molecule has 0 bridgehead atoms. The number of halogens is 1. The van der Waals surface area contributed by atoms with E-state index in [9.17, 15) is 4.79 Å². The minimum Gasteiger partial charge on any atom is -0.341 e. The second-order valence-corrected chi connectivity index (χ2v) is 7.22. The Labute approximate surface area is 143 Å². The Morgan fingerprint density at radius 2 is 1.96 bits per heavy atom. The van der Waals surface area contributed by atoms with Crippen LogP contribution in [0.3, 0.4) is 0 Å². The third-order valence-corrected chi connectivity index (χ3v) is 5.38. The Bertz CT molecular complexity index is 530. The average Bonchev–Trinajstić information content (AvgIpc) is 2.73. The Hall–Kier alpha value is -1.10. The second kappa shape index (κ2) is 7.65. The van der Waals surface area contributed by atoms with Gasteiger partial charge in [0, 0.05) is 43.7 Å². The van der Waals surface area contributed by atoms with Crippen molar-refractivity contribution in [1.82, 2.24) is 15.1 Å². The summed E-state index contributed by atoms with van der Waals surface area (Å²) in [4.78, 5) is 17.2. The molecule has 1 aromatic rings. The third kappa shape index (κ3) is 4.25. The summed E-state index contributed by atoms with van der Waals surface area (Å²) in [5.74, 6) is 1.01. The van der Waals surface area contributed by atoms with Crippen molar-refractivity contribution in [2.45, 2.75) is 19.9 Å². The van der Waals surface area contributed by atoms with E-state index < -0.39 is 0 Å². The Balaban J connectivity index is 1.52. The van der Waals surface area contributed by atoms with Gasteiger partial charge in [0.05, 0.1) is 0 Å². The van der Waals surface area contributed by atoms with Crippen LogP contribution < -0.4 is 5.32 Å². The van der Waals surface area contributed by atoms with Gasteiger partial charge in [-0.1, -0.05) is 30.7 Å². The van der Waals surface area contributed by atoms with Gasteiger partial charge in [-0.2, -0.15) is 0 Å². The van der Waals surface area contributed by atoms with Crippen LogP contribution in [0.4, 0.5) is 0 Å². The fourth-order valence-corrected chi connectivity index (χ4v) is 3.48. The Kier molecular flexibility index (Phi) is 5.57. The van der Waals surface area contributed by atoms with Gasteiger partial charge in [-0.15, -0.1) is 0 Å². The summed E-state index contributed by atoms with van der Waals surface area (Å²) in [7, 11) is 0. The van der Waals surface area contributed by atoms with Crippen LogP contribution in [0.5, 0.6) is 0 Å². The number of hydrogen-bond donors (Lipinski definition) is 1. The predicted molar refractivity (Wildman–Crippen MR) is 93.4 cm³/mol. The molecule has 0 spiro atoms. The van der Waals surface area contributed by atoms with Gasteiger partial charge >= 0.3 is 0 Å². The number of hydrogen-bond acceptors (Lipinski definition) is 3. The molecule has 0 saturated carbocycles. The maximum atomic E-state index is 12.7. The summed E-state index contributed by atoms with van der Waals surface area (Å²) in [5, 5.41) is 4.04. The molecule has 2 fully saturated rings. The van der Waals surface area contributed by atoms with Gasteiger partial charge in [-0.05, 0) is 43.1 Å². The summed E-state index contributed by atoms with van der Waals surface area (Å²) in [5.41, 5.74) is 1.28. The lowest BCUT2D eigenvalue weighted by atomic mass is 9.88. The van der Waals surface area contributed by atoms with E-state index in [1.807, 2.05) is 12.1 Å².